The summed E-state index contributed by atoms with van der Waals surface area (Å²) in [6, 6.07) is 9.44. The Balaban J connectivity index is 1.89. The number of benzene rings is 1. The number of likely N-dealkylation sites (tertiary alicyclic amines) is 1. The highest BCUT2D eigenvalue weighted by atomic mass is 16.4. The number of aliphatic carboxylic acids is 1. The fraction of sp³-hybridized carbons (Fsp3) is 0.353. The first-order valence-corrected chi connectivity index (χ1v) is 7.40. The predicted molar refractivity (Wildman–Crippen MR) is 81.9 cm³/mol. The molecule has 0 bridgehead atoms. The molecule has 1 aromatic rings. The average molecular weight is 301 g/mol. The molecule has 1 aliphatic heterocycles. The van der Waals surface area contributed by atoms with E-state index in [0.29, 0.717) is 31.4 Å². The van der Waals surface area contributed by atoms with Gasteiger partial charge in [0, 0.05) is 18.5 Å². The Morgan fingerprint density at radius 2 is 1.86 bits per heavy atom. The van der Waals surface area contributed by atoms with Crippen LogP contribution in [0.4, 0.5) is 0 Å². The van der Waals surface area contributed by atoms with Crippen molar-refractivity contribution >= 4 is 23.9 Å². The van der Waals surface area contributed by atoms with Crippen molar-refractivity contribution in [2.45, 2.75) is 32.1 Å². The summed E-state index contributed by atoms with van der Waals surface area (Å²) in [6.45, 7) is 0.364. The lowest BCUT2D eigenvalue weighted by Crippen LogP contribution is -2.30. The third-order valence-electron chi connectivity index (χ3n) is 3.58. The third kappa shape index (κ3) is 4.28. The van der Waals surface area contributed by atoms with Gasteiger partial charge in [-0.25, -0.2) is 0 Å². The lowest BCUT2D eigenvalue weighted by Gasteiger charge is -2.12. The number of carboxylic acid groups (broad SMARTS) is 1. The lowest BCUT2D eigenvalue weighted by atomic mass is 10.1. The highest BCUT2D eigenvalue weighted by Crippen LogP contribution is 2.22. The van der Waals surface area contributed by atoms with Crippen molar-refractivity contribution < 1.29 is 19.5 Å². The number of carbonyl (C=O) groups is 3. The maximum atomic E-state index is 12.2. The van der Waals surface area contributed by atoms with Gasteiger partial charge < -0.3 is 5.11 Å². The first kappa shape index (κ1) is 15.9. The second kappa shape index (κ2) is 7.54. The topological polar surface area (TPSA) is 74.7 Å². The minimum absolute atomic E-state index is 0.126. The molecule has 1 saturated heterocycles. The van der Waals surface area contributed by atoms with Crippen LogP contribution in [0.25, 0.3) is 6.08 Å². The van der Waals surface area contributed by atoms with Gasteiger partial charge >= 0.3 is 5.97 Å². The molecule has 5 heteroatoms. The summed E-state index contributed by atoms with van der Waals surface area (Å²) >= 11 is 0. The first-order chi connectivity index (χ1) is 10.6. The van der Waals surface area contributed by atoms with E-state index in [1.807, 2.05) is 30.3 Å². The van der Waals surface area contributed by atoms with Crippen LogP contribution in [0, 0.1) is 0 Å². The fourth-order valence-electron chi connectivity index (χ4n) is 2.43. The highest BCUT2D eigenvalue weighted by molar-refractivity contribution is 6.15. The Labute approximate surface area is 129 Å². The van der Waals surface area contributed by atoms with Gasteiger partial charge in [0.2, 0.25) is 5.91 Å². The Bertz CT molecular complexity index is 592. The molecule has 2 rings (SSSR count). The monoisotopic (exact) mass is 301 g/mol. The number of rotatable bonds is 7. The van der Waals surface area contributed by atoms with E-state index >= 15 is 0 Å². The number of nitrogens with zero attached hydrogens (tertiary/aromatic N) is 1. The van der Waals surface area contributed by atoms with Gasteiger partial charge in [0.1, 0.15) is 0 Å². The number of unbranched alkanes of at least 4 members (excludes halogenated alkanes) is 2. The quantitative estimate of drug-likeness (QED) is 0.477. The SMILES string of the molecule is O=C(O)CCCCCN1C(=O)C/C(=C\c2ccccc2)C1=O. The summed E-state index contributed by atoms with van der Waals surface area (Å²) < 4.78 is 0. The van der Waals surface area contributed by atoms with Crippen LogP contribution in [0.3, 0.4) is 0 Å². The molecule has 5 nitrogen and oxygen atoms in total. The normalized spacial score (nSPS) is 16.5. The van der Waals surface area contributed by atoms with Crippen molar-refractivity contribution in [1.82, 2.24) is 4.90 Å². The minimum Gasteiger partial charge on any atom is -0.481 e. The molecule has 116 valence electrons. The molecule has 0 spiro atoms. The Morgan fingerprint density at radius 3 is 2.55 bits per heavy atom. The summed E-state index contributed by atoms with van der Waals surface area (Å²) in [6.07, 6.45) is 3.93. The maximum absolute atomic E-state index is 12.2. The standard InChI is InChI=1S/C17H19NO4/c19-15-12-14(11-13-7-3-1-4-8-13)17(22)18(15)10-6-2-5-9-16(20)21/h1,3-4,7-8,11H,2,5-6,9-10,12H2,(H,20,21)/b14-11+. The number of carbonyl (C=O) groups excluding carboxylic acids is 2. The number of hydrogen-bond donors (Lipinski definition) is 1. The van der Waals surface area contributed by atoms with E-state index < -0.39 is 5.97 Å². The van der Waals surface area contributed by atoms with Crippen molar-refractivity contribution in [3.63, 3.8) is 0 Å². The number of amides is 2. The van der Waals surface area contributed by atoms with Crippen LogP contribution in [0.15, 0.2) is 35.9 Å². The molecule has 0 unspecified atom stereocenters. The third-order valence-corrected chi connectivity index (χ3v) is 3.58. The van der Waals surface area contributed by atoms with Gasteiger partial charge in [0.05, 0.1) is 6.42 Å². The summed E-state index contributed by atoms with van der Waals surface area (Å²) in [7, 11) is 0. The Morgan fingerprint density at radius 1 is 1.14 bits per heavy atom. The molecule has 1 aliphatic rings. The molecule has 2 amide bonds. The van der Waals surface area contributed by atoms with Gasteiger partial charge in [-0.15, -0.1) is 0 Å². The molecule has 1 fully saturated rings. The summed E-state index contributed by atoms with van der Waals surface area (Å²) in [5.74, 6) is -1.22. The van der Waals surface area contributed by atoms with Gasteiger partial charge in [-0.1, -0.05) is 36.8 Å². The van der Waals surface area contributed by atoms with E-state index in [4.69, 9.17) is 5.11 Å². The van der Waals surface area contributed by atoms with Crippen LogP contribution in [0.2, 0.25) is 0 Å². The predicted octanol–water partition coefficient (Wildman–Crippen LogP) is 2.47. The molecule has 0 radical (unpaired) electrons. The van der Waals surface area contributed by atoms with Crippen molar-refractivity contribution in [2.75, 3.05) is 6.54 Å². The van der Waals surface area contributed by atoms with Crippen LogP contribution >= 0.6 is 0 Å². The second-order valence-electron chi connectivity index (χ2n) is 5.31. The van der Waals surface area contributed by atoms with E-state index in [1.165, 1.54) is 4.90 Å². The van der Waals surface area contributed by atoms with Gasteiger partial charge in [-0.3, -0.25) is 19.3 Å². The van der Waals surface area contributed by atoms with Crippen molar-refractivity contribution in [3.05, 3.63) is 41.5 Å². The molecule has 1 aromatic carbocycles. The molecule has 22 heavy (non-hydrogen) atoms. The van der Waals surface area contributed by atoms with Gasteiger partial charge in [-0.2, -0.15) is 0 Å². The van der Waals surface area contributed by atoms with Crippen LogP contribution in [-0.4, -0.2) is 34.3 Å². The highest BCUT2D eigenvalue weighted by Gasteiger charge is 2.32. The molecular formula is C17H19NO4. The van der Waals surface area contributed by atoms with Gasteiger partial charge in [0.25, 0.3) is 5.91 Å². The van der Waals surface area contributed by atoms with Crippen LogP contribution < -0.4 is 0 Å². The van der Waals surface area contributed by atoms with E-state index in [2.05, 4.69) is 0 Å². The number of carboxylic acids is 1. The molecule has 0 atom stereocenters. The summed E-state index contributed by atoms with van der Waals surface area (Å²) in [4.78, 5) is 35.8. The fourth-order valence-corrected chi connectivity index (χ4v) is 2.43. The van der Waals surface area contributed by atoms with Crippen LogP contribution in [0.1, 0.15) is 37.7 Å². The Kier molecular flexibility index (Phi) is 5.47. The molecule has 0 aliphatic carbocycles. The molecule has 1 heterocycles. The van der Waals surface area contributed by atoms with Crippen LogP contribution in [-0.2, 0) is 14.4 Å². The average Bonchev–Trinajstić information content (AvgIpc) is 2.75. The first-order valence-electron chi connectivity index (χ1n) is 7.40. The lowest BCUT2D eigenvalue weighted by molar-refractivity contribution is -0.139. The Hall–Kier alpha value is -2.43. The molecule has 0 saturated carbocycles. The molecule has 0 aromatic heterocycles. The zero-order valence-electron chi connectivity index (χ0n) is 12.3. The van der Waals surface area contributed by atoms with Gasteiger partial charge in [-0.05, 0) is 24.5 Å². The number of hydrogen-bond acceptors (Lipinski definition) is 3. The maximum Gasteiger partial charge on any atom is 0.303 e. The summed E-state index contributed by atoms with van der Waals surface area (Å²) in [5, 5.41) is 8.56. The van der Waals surface area contributed by atoms with Crippen molar-refractivity contribution in [3.8, 4) is 0 Å². The zero-order valence-corrected chi connectivity index (χ0v) is 12.3. The van der Waals surface area contributed by atoms with E-state index in [9.17, 15) is 14.4 Å². The van der Waals surface area contributed by atoms with E-state index in [-0.39, 0.29) is 24.7 Å². The second-order valence-corrected chi connectivity index (χ2v) is 5.31. The molecule has 1 N–H and O–H groups in total. The molecular weight excluding hydrogens is 282 g/mol. The van der Waals surface area contributed by atoms with Crippen molar-refractivity contribution in [2.24, 2.45) is 0 Å². The zero-order chi connectivity index (χ0) is 15.9. The smallest absolute Gasteiger partial charge is 0.303 e. The largest absolute Gasteiger partial charge is 0.481 e. The summed E-state index contributed by atoms with van der Waals surface area (Å²) in [5.41, 5.74) is 1.42. The van der Waals surface area contributed by atoms with Gasteiger partial charge in [0.15, 0.2) is 0 Å². The van der Waals surface area contributed by atoms with Crippen LogP contribution in [0.5, 0.6) is 0 Å². The van der Waals surface area contributed by atoms with E-state index in [1.54, 1.807) is 6.08 Å². The minimum atomic E-state index is -0.818. The number of imide groups is 1. The van der Waals surface area contributed by atoms with E-state index in [0.717, 1.165) is 5.56 Å². The van der Waals surface area contributed by atoms with Crippen molar-refractivity contribution in [1.29, 1.82) is 0 Å².